The van der Waals surface area contributed by atoms with Gasteiger partial charge in [-0.15, -0.1) is 0 Å². The summed E-state index contributed by atoms with van der Waals surface area (Å²) in [5.74, 6) is 1.55. The van der Waals surface area contributed by atoms with E-state index in [9.17, 15) is 4.79 Å². The van der Waals surface area contributed by atoms with E-state index >= 15 is 0 Å². The van der Waals surface area contributed by atoms with Crippen molar-refractivity contribution < 1.29 is 9.53 Å². The Balaban J connectivity index is 1.79. The summed E-state index contributed by atoms with van der Waals surface area (Å²) in [5.41, 5.74) is 2.59. The smallest absolute Gasteiger partial charge is 0.337 e. The minimum atomic E-state index is -0.304. The second-order valence-electron chi connectivity index (χ2n) is 7.20. The molecule has 0 bridgehead atoms. The van der Waals surface area contributed by atoms with Gasteiger partial charge in [-0.1, -0.05) is 0 Å². The number of piperidine rings is 1. The van der Waals surface area contributed by atoms with Crippen molar-refractivity contribution in [2.45, 2.75) is 51.6 Å². The lowest BCUT2D eigenvalue weighted by Gasteiger charge is -2.34. The number of esters is 1. The molecule has 2 heterocycles. The normalized spacial score (nSPS) is 21.2. The zero-order chi connectivity index (χ0) is 16.7. The summed E-state index contributed by atoms with van der Waals surface area (Å²) in [6.07, 6.45) is 6.38. The fourth-order valence-corrected chi connectivity index (χ4v) is 3.72. The molecule has 0 N–H and O–H groups in total. The first kappa shape index (κ1) is 15.5. The maximum absolute atomic E-state index is 11.8. The van der Waals surface area contributed by atoms with E-state index in [2.05, 4.69) is 16.4 Å². The monoisotopic (exact) mass is 327 g/mol. The van der Waals surface area contributed by atoms with Gasteiger partial charge in [-0.05, 0) is 63.1 Å². The molecule has 2 fully saturated rings. The Morgan fingerprint density at radius 3 is 2.83 bits per heavy atom. The number of aromatic nitrogens is 2. The van der Waals surface area contributed by atoms with Crippen LogP contribution in [0.4, 0.5) is 5.95 Å². The third-order valence-electron chi connectivity index (χ3n) is 5.35. The Morgan fingerprint density at radius 1 is 1.29 bits per heavy atom. The van der Waals surface area contributed by atoms with Gasteiger partial charge in [0.1, 0.15) is 0 Å². The average Bonchev–Trinajstić information content (AvgIpc) is 3.35. The standard InChI is InChI=1S/C19H25N3O2/c1-13-5-3-4-10-21(13)19-20-16-11-15(18(23)24-2)8-9-17(16)22(19)12-14-6-7-14/h8-9,11,13-14H,3-7,10,12H2,1-2H3. The molecule has 1 atom stereocenters. The van der Waals surface area contributed by atoms with E-state index in [1.54, 1.807) is 0 Å². The molecule has 24 heavy (non-hydrogen) atoms. The van der Waals surface area contributed by atoms with Crippen molar-refractivity contribution >= 4 is 23.0 Å². The number of hydrogen-bond donors (Lipinski definition) is 0. The van der Waals surface area contributed by atoms with Gasteiger partial charge in [-0.25, -0.2) is 9.78 Å². The quantitative estimate of drug-likeness (QED) is 0.805. The number of hydrogen-bond acceptors (Lipinski definition) is 4. The van der Waals surface area contributed by atoms with Crippen LogP contribution in [0.25, 0.3) is 11.0 Å². The molecule has 4 rings (SSSR count). The van der Waals surface area contributed by atoms with Crippen LogP contribution in [0.2, 0.25) is 0 Å². The fraction of sp³-hybridized carbons (Fsp3) is 0.579. The van der Waals surface area contributed by atoms with Gasteiger partial charge in [0.05, 0.1) is 23.7 Å². The first-order valence-electron chi connectivity index (χ1n) is 9.02. The minimum Gasteiger partial charge on any atom is -0.465 e. The molecule has 0 radical (unpaired) electrons. The van der Waals surface area contributed by atoms with E-state index in [1.807, 2.05) is 18.2 Å². The molecule has 2 aromatic rings. The van der Waals surface area contributed by atoms with Gasteiger partial charge in [0.2, 0.25) is 5.95 Å². The maximum atomic E-state index is 11.8. The molecule has 128 valence electrons. The molecular formula is C19H25N3O2. The number of anilines is 1. The number of fused-ring (bicyclic) bond motifs is 1. The van der Waals surface area contributed by atoms with E-state index in [0.29, 0.717) is 11.6 Å². The third kappa shape index (κ3) is 2.76. The van der Waals surface area contributed by atoms with Crippen molar-refractivity contribution in [3.8, 4) is 0 Å². The number of rotatable bonds is 4. The van der Waals surface area contributed by atoms with Gasteiger partial charge in [0.25, 0.3) is 0 Å². The van der Waals surface area contributed by atoms with Crippen LogP contribution in [0.5, 0.6) is 0 Å². The van der Waals surface area contributed by atoms with E-state index < -0.39 is 0 Å². The van der Waals surface area contributed by atoms with Crippen LogP contribution in [0.3, 0.4) is 0 Å². The predicted molar refractivity (Wildman–Crippen MR) is 94.5 cm³/mol. The van der Waals surface area contributed by atoms with E-state index in [4.69, 9.17) is 9.72 Å². The van der Waals surface area contributed by atoms with Crippen molar-refractivity contribution in [1.82, 2.24) is 9.55 Å². The van der Waals surface area contributed by atoms with Crippen LogP contribution in [0.15, 0.2) is 18.2 Å². The Hall–Kier alpha value is -2.04. The second kappa shape index (κ2) is 6.11. The molecule has 5 heteroatoms. The lowest BCUT2D eigenvalue weighted by atomic mass is 10.0. The summed E-state index contributed by atoms with van der Waals surface area (Å²) in [5, 5.41) is 0. The zero-order valence-corrected chi connectivity index (χ0v) is 14.5. The lowest BCUT2D eigenvalue weighted by molar-refractivity contribution is 0.0601. The lowest BCUT2D eigenvalue weighted by Crippen LogP contribution is -2.39. The summed E-state index contributed by atoms with van der Waals surface area (Å²) in [4.78, 5) is 19.2. The maximum Gasteiger partial charge on any atom is 0.337 e. The van der Waals surface area contributed by atoms with Gasteiger partial charge < -0.3 is 14.2 Å². The van der Waals surface area contributed by atoms with Gasteiger partial charge >= 0.3 is 5.97 Å². The molecule has 1 aliphatic heterocycles. The highest BCUT2D eigenvalue weighted by Gasteiger charge is 2.28. The topological polar surface area (TPSA) is 47.4 Å². The van der Waals surface area contributed by atoms with E-state index in [-0.39, 0.29) is 5.97 Å². The van der Waals surface area contributed by atoms with Crippen LogP contribution in [-0.2, 0) is 11.3 Å². The second-order valence-corrected chi connectivity index (χ2v) is 7.20. The van der Waals surface area contributed by atoms with Crippen molar-refractivity contribution in [1.29, 1.82) is 0 Å². The molecule has 1 aromatic carbocycles. The summed E-state index contributed by atoms with van der Waals surface area (Å²) in [6.45, 7) is 4.39. The number of nitrogens with zero attached hydrogens (tertiary/aromatic N) is 3. The largest absolute Gasteiger partial charge is 0.465 e. The molecule has 1 unspecified atom stereocenters. The Bertz CT molecular complexity index is 763. The molecule has 1 aromatic heterocycles. The van der Waals surface area contributed by atoms with Crippen LogP contribution in [0, 0.1) is 5.92 Å². The van der Waals surface area contributed by atoms with Crippen molar-refractivity contribution in [3.63, 3.8) is 0 Å². The summed E-state index contributed by atoms with van der Waals surface area (Å²) in [6, 6.07) is 6.26. The first-order chi connectivity index (χ1) is 11.7. The average molecular weight is 327 g/mol. The fourth-order valence-electron chi connectivity index (χ4n) is 3.72. The van der Waals surface area contributed by atoms with Crippen LogP contribution >= 0.6 is 0 Å². The van der Waals surface area contributed by atoms with Crippen molar-refractivity contribution in [2.75, 3.05) is 18.6 Å². The number of ether oxygens (including phenoxy) is 1. The Kier molecular flexibility index (Phi) is 3.94. The summed E-state index contributed by atoms with van der Waals surface area (Å²) in [7, 11) is 1.42. The third-order valence-corrected chi connectivity index (χ3v) is 5.35. The van der Waals surface area contributed by atoms with Gasteiger partial charge in [0.15, 0.2) is 0 Å². The first-order valence-corrected chi connectivity index (χ1v) is 9.02. The Morgan fingerprint density at radius 2 is 2.12 bits per heavy atom. The van der Waals surface area contributed by atoms with E-state index in [0.717, 1.165) is 36.0 Å². The SMILES string of the molecule is COC(=O)c1ccc2c(c1)nc(N1CCCCC1C)n2CC1CC1. The minimum absolute atomic E-state index is 0.304. The highest BCUT2D eigenvalue weighted by atomic mass is 16.5. The van der Waals surface area contributed by atoms with Crippen LogP contribution < -0.4 is 4.90 Å². The van der Waals surface area contributed by atoms with Crippen molar-refractivity contribution in [3.05, 3.63) is 23.8 Å². The number of methoxy groups -OCH3 is 1. The highest BCUT2D eigenvalue weighted by molar-refractivity contribution is 5.94. The zero-order valence-electron chi connectivity index (χ0n) is 14.5. The predicted octanol–water partition coefficient (Wildman–Crippen LogP) is 3.61. The molecular weight excluding hydrogens is 302 g/mol. The molecule has 5 nitrogen and oxygen atoms in total. The summed E-state index contributed by atoms with van der Waals surface area (Å²) >= 11 is 0. The van der Waals surface area contributed by atoms with Crippen LogP contribution in [0.1, 0.15) is 49.4 Å². The molecule has 1 saturated heterocycles. The van der Waals surface area contributed by atoms with Gasteiger partial charge in [-0.2, -0.15) is 0 Å². The molecule has 2 aliphatic rings. The number of carbonyl (C=O) groups is 1. The Labute approximate surface area is 142 Å². The molecule has 0 amide bonds. The highest BCUT2D eigenvalue weighted by Crippen LogP contribution is 2.35. The van der Waals surface area contributed by atoms with Crippen LogP contribution in [-0.4, -0.2) is 35.2 Å². The molecule has 0 spiro atoms. The van der Waals surface area contributed by atoms with E-state index in [1.165, 1.54) is 39.2 Å². The molecule has 1 aliphatic carbocycles. The van der Waals surface area contributed by atoms with Gasteiger partial charge in [-0.3, -0.25) is 0 Å². The van der Waals surface area contributed by atoms with Gasteiger partial charge in [0, 0.05) is 19.1 Å². The number of imidazole rings is 1. The van der Waals surface area contributed by atoms with Crippen molar-refractivity contribution in [2.24, 2.45) is 5.92 Å². The molecule has 1 saturated carbocycles. The number of carbonyl (C=O) groups excluding carboxylic acids is 1. The number of benzene rings is 1. The summed E-state index contributed by atoms with van der Waals surface area (Å²) < 4.78 is 7.22.